The van der Waals surface area contributed by atoms with Crippen LogP contribution in [0.5, 0.6) is 0 Å². The number of nitrogens with zero attached hydrogens (tertiary/aromatic N) is 1. The molecule has 2 heterocycles. The third-order valence-corrected chi connectivity index (χ3v) is 4.97. The molecule has 0 aliphatic rings. The topological polar surface area (TPSA) is 86.0 Å². The molecule has 8 heteroatoms. The lowest BCUT2D eigenvalue weighted by molar-refractivity contribution is -0.130. The van der Waals surface area contributed by atoms with Crippen LogP contribution in [-0.2, 0) is 17.8 Å². The van der Waals surface area contributed by atoms with E-state index in [1.165, 1.54) is 0 Å². The summed E-state index contributed by atoms with van der Waals surface area (Å²) in [5.41, 5.74) is -0.0107. The summed E-state index contributed by atoms with van der Waals surface area (Å²) in [6.07, 6.45) is 0.522. The number of H-pyrrole nitrogens is 2. The van der Waals surface area contributed by atoms with Gasteiger partial charge in [-0.2, -0.15) is 0 Å². The Hall–Kier alpha value is -1.67. The highest BCUT2D eigenvalue weighted by atomic mass is 79.9. The van der Waals surface area contributed by atoms with E-state index in [9.17, 15) is 14.4 Å². The van der Waals surface area contributed by atoms with Crippen LogP contribution in [0.2, 0.25) is 0 Å². The standard InChI is InChI=1S/C14H16BrN3O3S/c1-8-11(13(20)17-14(21)16-8)3-4-12(19)18(2)6-10-5-9(15)7-22-10/h5,7H,3-4,6H2,1-2H3,(H2,16,17,20,21). The number of aromatic nitrogens is 2. The quantitative estimate of drug-likeness (QED) is 0.822. The SMILES string of the molecule is Cc1[nH]c(=O)[nH]c(=O)c1CCC(=O)N(C)Cc1cc(Br)cs1. The fraction of sp³-hybridized carbons (Fsp3) is 0.357. The predicted octanol–water partition coefficient (Wildman–Crippen LogP) is 1.79. The van der Waals surface area contributed by atoms with Crippen molar-refractivity contribution in [3.05, 3.63) is 52.9 Å². The van der Waals surface area contributed by atoms with Crippen molar-refractivity contribution in [3.8, 4) is 0 Å². The number of amides is 1. The summed E-state index contributed by atoms with van der Waals surface area (Å²) in [5, 5.41) is 1.97. The molecule has 6 nitrogen and oxygen atoms in total. The average molecular weight is 386 g/mol. The monoisotopic (exact) mass is 385 g/mol. The minimum atomic E-state index is -0.530. The maximum Gasteiger partial charge on any atom is 0.325 e. The van der Waals surface area contributed by atoms with Crippen molar-refractivity contribution in [2.24, 2.45) is 0 Å². The van der Waals surface area contributed by atoms with Gasteiger partial charge in [0.2, 0.25) is 5.91 Å². The van der Waals surface area contributed by atoms with E-state index in [1.54, 1.807) is 30.2 Å². The van der Waals surface area contributed by atoms with Gasteiger partial charge in [0.05, 0.1) is 6.54 Å². The Morgan fingerprint density at radius 2 is 2.09 bits per heavy atom. The highest BCUT2D eigenvalue weighted by Crippen LogP contribution is 2.21. The van der Waals surface area contributed by atoms with Crippen molar-refractivity contribution in [2.45, 2.75) is 26.3 Å². The molecule has 0 radical (unpaired) electrons. The van der Waals surface area contributed by atoms with Crippen LogP contribution >= 0.6 is 27.3 Å². The lowest BCUT2D eigenvalue weighted by Gasteiger charge is -2.16. The van der Waals surface area contributed by atoms with Gasteiger partial charge in [-0.25, -0.2) is 4.79 Å². The molecule has 0 spiro atoms. The first-order valence-electron chi connectivity index (χ1n) is 6.65. The van der Waals surface area contributed by atoms with Crippen molar-refractivity contribution in [2.75, 3.05) is 7.05 Å². The normalized spacial score (nSPS) is 10.7. The maximum absolute atomic E-state index is 12.2. The third-order valence-electron chi connectivity index (χ3n) is 3.28. The molecule has 118 valence electrons. The number of halogens is 1. The van der Waals surface area contributed by atoms with Crippen LogP contribution in [0.4, 0.5) is 0 Å². The van der Waals surface area contributed by atoms with E-state index in [1.807, 2.05) is 11.4 Å². The number of thiophene rings is 1. The second-order valence-corrected chi connectivity index (χ2v) is 6.90. The van der Waals surface area contributed by atoms with Crippen molar-refractivity contribution in [3.63, 3.8) is 0 Å². The highest BCUT2D eigenvalue weighted by molar-refractivity contribution is 9.10. The highest BCUT2D eigenvalue weighted by Gasteiger charge is 2.13. The van der Waals surface area contributed by atoms with Gasteiger partial charge in [0.1, 0.15) is 0 Å². The lowest BCUT2D eigenvalue weighted by atomic mass is 10.1. The summed E-state index contributed by atoms with van der Waals surface area (Å²) in [6.45, 7) is 2.19. The molecule has 0 aromatic carbocycles. The van der Waals surface area contributed by atoms with Crippen LogP contribution in [0.15, 0.2) is 25.5 Å². The zero-order chi connectivity index (χ0) is 16.3. The molecule has 0 aliphatic carbocycles. The number of hydrogen-bond donors (Lipinski definition) is 2. The summed E-state index contributed by atoms with van der Waals surface area (Å²) >= 11 is 4.96. The fourth-order valence-electron chi connectivity index (χ4n) is 2.11. The van der Waals surface area contributed by atoms with E-state index in [0.29, 0.717) is 24.2 Å². The summed E-state index contributed by atoms with van der Waals surface area (Å²) < 4.78 is 1.00. The van der Waals surface area contributed by atoms with E-state index in [-0.39, 0.29) is 12.3 Å². The van der Waals surface area contributed by atoms with Crippen molar-refractivity contribution < 1.29 is 4.79 Å². The van der Waals surface area contributed by atoms with Crippen LogP contribution in [0, 0.1) is 6.92 Å². The van der Waals surface area contributed by atoms with Gasteiger partial charge in [0.25, 0.3) is 5.56 Å². The fourth-order valence-corrected chi connectivity index (χ4v) is 3.61. The van der Waals surface area contributed by atoms with E-state index >= 15 is 0 Å². The van der Waals surface area contributed by atoms with E-state index in [0.717, 1.165) is 9.35 Å². The Labute approximate surface area is 139 Å². The number of aryl methyl sites for hydroxylation is 1. The lowest BCUT2D eigenvalue weighted by Crippen LogP contribution is -2.29. The zero-order valence-corrected chi connectivity index (χ0v) is 14.6. The Balaban J connectivity index is 1.98. The molecule has 0 unspecified atom stereocenters. The predicted molar refractivity (Wildman–Crippen MR) is 89.2 cm³/mol. The molecule has 1 amide bonds. The number of nitrogens with one attached hydrogen (secondary N) is 2. The number of rotatable bonds is 5. The summed E-state index contributed by atoms with van der Waals surface area (Å²) in [5.74, 6) is -0.0467. The van der Waals surface area contributed by atoms with Gasteiger partial charge < -0.3 is 9.88 Å². The Morgan fingerprint density at radius 1 is 1.36 bits per heavy atom. The van der Waals surface area contributed by atoms with E-state index in [4.69, 9.17) is 0 Å². The van der Waals surface area contributed by atoms with Crippen LogP contribution in [0.1, 0.15) is 22.6 Å². The van der Waals surface area contributed by atoms with Crippen molar-refractivity contribution in [1.82, 2.24) is 14.9 Å². The molecule has 2 rings (SSSR count). The van der Waals surface area contributed by atoms with Gasteiger partial charge in [0.15, 0.2) is 0 Å². The number of carbonyl (C=O) groups excluding carboxylic acids is 1. The molecule has 0 fully saturated rings. The molecule has 2 N–H and O–H groups in total. The van der Waals surface area contributed by atoms with E-state index < -0.39 is 11.2 Å². The van der Waals surface area contributed by atoms with Crippen LogP contribution in [0.25, 0.3) is 0 Å². The van der Waals surface area contributed by atoms with Crippen LogP contribution in [0.3, 0.4) is 0 Å². The van der Waals surface area contributed by atoms with Gasteiger partial charge in [-0.05, 0) is 35.3 Å². The van der Waals surface area contributed by atoms with Crippen molar-refractivity contribution >= 4 is 33.2 Å². The Morgan fingerprint density at radius 3 is 2.68 bits per heavy atom. The number of hydrogen-bond acceptors (Lipinski definition) is 4. The maximum atomic E-state index is 12.2. The van der Waals surface area contributed by atoms with Gasteiger partial charge in [-0.15, -0.1) is 11.3 Å². The molecule has 0 saturated carbocycles. The van der Waals surface area contributed by atoms with E-state index in [2.05, 4.69) is 25.9 Å². The van der Waals surface area contributed by atoms with Gasteiger partial charge in [0, 0.05) is 39.5 Å². The van der Waals surface area contributed by atoms with Crippen LogP contribution in [-0.4, -0.2) is 27.8 Å². The summed E-state index contributed by atoms with van der Waals surface area (Å²) in [4.78, 5) is 42.4. The minimum Gasteiger partial charge on any atom is -0.341 e. The first-order chi connectivity index (χ1) is 10.4. The average Bonchev–Trinajstić information content (AvgIpc) is 2.82. The molecule has 0 saturated heterocycles. The molecule has 0 atom stereocenters. The molecular weight excluding hydrogens is 370 g/mol. The van der Waals surface area contributed by atoms with Gasteiger partial charge in [-0.1, -0.05) is 0 Å². The molecular formula is C14H16BrN3O3S. The van der Waals surface area contributed by atoms with Crippen molar-refractivity contribution in [1.29, 1.82) is 0 Å². The molecule has 22 heavy (non-hydrogen) atoms. The smallest absolute Gasteiger partial charge is 0.325 e. The molecule has 0 bridgehead atoms. The number of aromatic amines is 2. The Bertz CT molecular complexity index is 793. The zero-order valence-electron chi connectivity index (χ0n) is 12.2. The number of carbonyl (C=O) groups is 1. The van der Waals surface area contributed by atoms with Crippen LogP contribution < -0.4 is 11.2 Å². The first kappa shape index (κ1) is 16.7. The molecule has 2 aromatic rings. The molecule has 2 aromatic heterocycles. The van der Waals surface area contributed by atoms with Gasteiger partial charge in [-0.3, -0.25) is 14.6 Å². The first-order valence-corrected chi connectivity index (χ1v) is 8.33. The summed E-state index contributed by atoms with van der Waals surface area (Å²) in [6, 6.07) is 1.98. The minimum absolute atomic E-state index is 0.0467. The second kappa shape index (κ2) is 7.06. The Kier molecular flexibility index (Phi) is 5.36. The third kappa shape index (κ3) is 4.17. The largest absolute Gasteiger partial charge is 0.341 e. The summed E-state index contributed by atoms with van der Waals surface area (Å²) in [7, 11) is 1.74. The molecule has 0 aliphatic heterocycles. The second-order valence-electron chi connectivity index (χ2n) is 4.99. The van der Waals surface area contributed by atoms with Gasteiger partial charge >= 0.3 is 5.69 Å².